The van der Waals surface area contributed by atoms with Gasteiger partial charge in [-0.2, -0.15) is 0 Å². The van der Waals surface area contributed by atoms with E-state index in [0.717, 1.165) is 6.42 Å². The molecule has 0 atom stereocenters. The second kappa shape index (κ2) is 10.5. The largest absolute Gasteiger partial charge is 0.455 e. The Bertz CT molecular complexity index is 374. The molecule has 0 unspecified atom stereocenters. The van der Waals surface area contributed by atoms with E-state index in [-0.39, 0.29) is 5.91 Å². The number of furan rings is 1. The highest BCUT2D eigenvalue weighted by Crippen LogP contribution is 2.09. The van der Waals surface area contributed by atoms with Crippen molar-refractivity contribution in [3.05, 3.63) is 23.7 Å². The first-order valence-electron chi connectivity index (χ1n) is 7.85. The van der Waals surface area contributed by atoms with Crippen molar-refractivity contribution in [1.29, 1.82) is 0 Å². The molecule has 3 N–H and O–H groups in total. The van der Waals surface area contributed by atoms with Crippen LogP contribution in [0, 0.1) is 0 Å². The Morgan fingerprint density at radius 2 is 1.75 bits per heavy atom. The van der Waals surface area contributed by atoms with Gasteiger partial charge in [-0.25, -0.2) is 0 Å². The van der Waals surface area contributed by atoms with Gasteiger partial charge in [0.1, 0.15) is 5.76 Å². The van der Waals surface area contributed by atoms with Gasteiger partial charge in [-0.1, -0.05) is 51.9 Å². The molecule has 20 heavy (non-hydrogen) atoms. The Morgan fingerprint density at radius 1 is 1.10 bits per heavy atom. The predicted molar refractivity (Wildman–Crippen MR) is 81.5 cm³/mol. The summed E-state index contributed by atoms with van der Waals surface area (Å²) in [6.45, 7) is 3.27. The van der Waals surface area contributed by atoms with Crippen molar-refractivity contribution >= 4 is 5.91 Å². The highest BCUT2D eigenvalue weighted by atomic mass is 16.4. The van der Waals surface area contributed by atoms with Crippen LogP contribution in [0.5, 0.6) is 0 Å². The van der Waals surface area contributed by atoms with Gasteiger partial charge in [0.15, 0.2) is 5.76 Å². The molecule has 1 aromatic heterocycles. The lowest BCUT2D eigenvalue weighted by atomic mass is 10.1. The van der Waals surface area contributed by atoms with Crippen molar-refractivity contribution in [1.82, 2.24) is 5.32 Å². The molecule has 1 heterocycles. The maximum Gasteiger partial charge on any atom is 0.286 e. The molecule has 0 bridgehead atoms. The monoisotopic (exact) mass is 280 g/mol. The number of hydrogen-bond donors (Lipinski definition) is 2. The summed E-state index contributed by atoms with van der Waals surface area (Å²) >= 11 is 0. The highest BCUT2D eigenvalue weighted by Gasteiger charge is 2.09. The van der Waals surface area contributed by atoms with E-state index in [0.29, 0.717) is 24.6 Å². The molecule has 0 saturated carbocycles. The topological polar surface area (TPSA) is 68.3 Å². The zero-order chi connectivity index (χ0) is 14.6. The van der Waals surface area contributed by atoms with Gasteiger partial charge in [-0.3, -0.25) is 4.79 Å². The van der Waals surface area contributed by atoms with Crippen LogP contribution in [-0.4, -0.2) is 12.5 Å². The minimum atomic E-state index is -0.146. The Kier molecular flexibility index (Phi) is 8.79. The van der Waals surface area contributed by atoms with Gasteiger partial charge in [0.25, 0.3) is 5.91 Å². The summed E-state index contributed by atoms with van der Waals surface area (Å²) in [4.78, 5) is 11.7. The molecule has 1 rings (SSSR count). The van der Waals surface area contributed by atoms with Crippen LogP contribution in [0.3, 0.4) is 0 Å². The molecule has 0 saturated heterocycles. The van der Waals surface area contributed by atoms with Crippen LogP contribution in [0.2, 0.25) is 0 Å². The van der Waals surface area contributed by atoms with Crippen molar-refractivity contribution in [3.8, 4) is 0 Å². The fourth-order valence-electron chi connectivity index (χ4n) is 2.16. The van der Waals surface area contributed by atoms with Crippen LogP contribution in [0.1, 0.15) is 74.6 Å². The van der Waals surface area contributed by atoms with E-state index in [9.17, 15) is 4.79 Å². The zero-order valence-corrected chi connectivity index (χ0v) is 12.6. The Balaban J connectivity index is 1.99. The number of hydrogen-bond acceptors (Lipinski definition) is 3. The molecule has 0 fully saturated rings. The second-order valence-corrected chi connectivity index (χ2v) is 5.20. The molecule has 114 valence electrons. The molecule has 0 aliphatic rings. The van der Waals surface area contributed by atoms with Crippen LogP contribution < -0.4 is 11.1 Å². The summed E-state index contributed by atoms with van der Waals surface area (Å²) in [6.07, 6.45) is 10.1. The number of rotatable bonds is 11. The van der Waals surface area contributed by atoms with E-state index in [2.05, 4.69) is 12.2 Å². The van der Waals surface area contributed by atoms with Crippen molar-refractivity contribution in [2.24, 2.45) is 5.73 Å². The normalized spacial score (nSPS) is 10.7. The van der Waals surface area contributed by atoms with Gasteiger partial charge in [0.2, 0.25) is 0 Å². The van der Waals surface area contributed by atoms with Gasteiger partial charge >= 0.3 is 0 Å². The molecule has 4 heteroatoms. The van der Waals surface area contributed by atoms with Crippen molar-refractivity contribution in [2.75, 3.05) is 6.54 Å². The fraction of sp³-hybridized carbons (Fsp3) is 0.688. The Morgan fingerprint density at radius 3 is 2.35 bits per heavy atom. The molecule has 4 nitrogen and oxygen atoms in total. The molecule has 0 spiro atoms. The molecular weight excluding hydrogens is 252 g/mol. The summed E-state index contributed by atoms with van der Waals surface area (Å²) in [5.41, 5.74) is 5.44. The third-order valence-electron chi connectivity index (χ3n) is 3.40. The van der Waals surface area contributed by atoms with Gasteiger partial charge in [-0.05, 0) is 18.6 Å². The van der Waals surface area contributed by atoms with Crippen LogP contribution in [0.4, 0.5) is 0 Å². The molecular formula is C16H28N2O2. The number of unbranched alkanes of at least 4 members (excludes halogenated alkanes) is 7. The third-order valence-corrected chi connectivity index (χ3v) is 3.40. The van der Waals surface area contributed by atoms with Crippen molar-refractivity contribution in [2.45, 2.75) is 64.8 Å². The van der Waals surface area contributed by atoms with E-state index in [4.69, 9.17) is 10.2 Å². The van der Waals surface area contributed by atoms with Crippen LogP contribution in [-0.2, 0) is 6.54 Å². The number of nitrogens with one attached hydrogen (secondary N) is 1. The lowest BCUT2D eigenvalue weighted by molar-refractivity contribution is 0.0923. The van der Waals surface area contributed by atoms with Crippen LogP contribution in [0.25, 0.3) is 0 Å². The SMILES string of the molecule is CCCCCCCCCCNC(=O)c1ccc(CN)o1. The maximum absolute atomic E-state index is 11.7. The van der Waals surface area contributed by atoms with E-state index >= 15 is 0 Å². The number of carbonyl (C=O) groups excluding carboxylic acids is 1. The van der Waals surface area contributed by atoms with Gasteiger partial charge in [0, 0.05) is 6.54 Å². The van der Waals surface area contributed by atoms with Crippen molar-refractivity contribution in [3.63, 3.8) is 0 Å². The van der Waals surface area contributed by atoms with Gasteiger partial charge < -0.3 is 15.5 Å². The van der Waals surface area contributed by atoms with Crippen LogP contribution >= 0.6 is 0 Å². The smallest absolute Gasteiger partial charge is 0.286 e. The first-order valence-corrected chi connectivity index (χ1v) is 7.85. The average molecular weight is 280 g/mol. The Hall–Kier alpha value is -1.29. The molecule has 0 aliphatic carbocycles. The van der Waals surface area contributed by atoms with Crippen LogP contribution in [0.15, 0.2) is 16.5 Å². The zero-order valence-electron chi connectivity index (χ0n) is 12.6. The lowest BCUT2D eigenvalue weighted by Crippen LogP contribution is -2.23. The summed E-state index contributed by atoms with van der Waals surface area (Å²) in [6, 6.07) is 3.41. The minimum absolute atomic E-state index is 0.146. The second-order valence-electron chi connectivity index (χ2n) is 5.20. The van der Waals surface area contributed by atoms with E-state index in [1.807, 2.05) is 0 Å². The van der Waals surface area contributed by atoms with E-state index < -0.39 is 0 Å². The van der Waals surface area contributed by atoms with E-state index in [1.165, 1.54) is 44.9 Å². The first-order chi connectivity index (χ1) is 9.77. The molecule has 0 aromatic carbocycles. The summed E-state index contributed by atoms with van der Waals surface area (Å²) < 4.78 is 5.29. The maximum atomic E-state index is 11.7. The third kappa shape index (κ3) is 6.75. The summed E-state index contributed by atoms with van der Waals surface area (Å²) in [7, 11) is 0. The summed E-state index contributed by atoms with van der Waals surface area (Å²) in [5, 5.41) is 2.87. The van der Waals surface area contributed by atoms with Gasteiger partial charge in [-0.15, -0.1) is 0 Å². The average Bonchev–Trinajstić information content (AvgIpc) is 2.94. The standard InChI is InChI=1S/C16H28N2O2/c1-2-3-4-5-6-7-8-9-12-18-16(19)15-11-10-14(13-17)20-15/h10-11H,2-9,12-13,17H2,1H3,(H,18,19). The van der Waals surface area contributed by atoms with Gasteiger partial charge in [0.05, 0.1) is 6.54 Å². The Labute approximate surface area is 122 Å². The predicted octanol–water partition coefficient (Wildman–Crippen LogP) is 3.61. The molecule has 0 radical (unpaired) electrons. The van der Waals surface area contributed by atoms with E-state index in [1.54, 1.807) is 12.1 Å². The fourth-order valence-corrected chi connectivity index (χ4v) is 2.16. The lowest BCUT2D eigenvalue weighted by Gasteiger charge is -2.03. The quantitative estimate of drug-likeness (QED) is 0.608. The number of amides is 1. The highest BCUT2D eigenvalue weighted by molar-refractivity contribution is 5.91. The number of nitrogens with two attached hydrogens (primary N) is 1. The molecule has 0 aliphatic heterocycles. The van der Waals surface area contributed by atoms with Crippen molar-refractivity contribution < 1.29 is 9.21 Å². The molecule has 1 aromatic rings. The first kappa shape index (κ1) is 16.8. The minimum Gasteiger partial charge on any atom is -0.455 e. The summed E-state index contributed by atoms with van der Waals surface area (Å²) in [5.74, 6) is 0.847. The molecule has 1 amide bonds. The number of carbonyl (C=O) groups is 1.